The molecule has 0 aromatic carbocycles. The van der Waals surface area contributed by atoms with Gasteiger partial charge in [0.15, 0.2) is 0 Å². The zero-order valence-corrected chi connectivity index (χ0v) is 8.82. The Morgan fingerprint density at radius 2 is 2.08 bits per heavy atom. The summed E-state index contributed by atoms with van der Waals surface area (Å²) in [5.41, 5.74) is 0.298. The van der Waals surface area contributed by atoms with Crippen molar-refractivity contribution in [2.75, 3.05) is 13.1 Å². The second-order valence-corrected chi connectivity index (χ2v) is 3.74. The normalized spacial score (nSPS) is 15.6. The van der Waals surface area contributed by atoms with Crippen molar-refractivity contribution in [2.24, 2.45) is 5.41 Å². The zero-order chi connectivity index (χ0) is 9.45. The molecule has 1 atom stereocenters. The highest BCUT2D eigenvalue weighted by atomic mass is 14.9. The van der Waals surface area contributed by atoms with Gasteiger partial charge in [0.05, 0.1) is 0 Å². The van der Waals surface area contributed by atoms with E-state index in [0.717, 1.165) is 13.1 Å². The maximum absolute atomic E-state index is 3.90. The van der Waals surface area contributed by atoms with Crippen molar-refractivity contribution in [1.29, 1.82) is 0 Å². The summed E-state index contributed by atoms with van der Waals surface area (Å²) in [6, 6.07) is 0. The highest BCUT2D eigenvalue weighted by molar-refractivity contribution is 4.92. The second kappa shape index (κ2) is 6.24. The fourth-order valence-electron chi connectivity index (χ4n) is 1.25. The van der Waals surface area contributed by atoms with Gasteiger partial charge < -0.3 is 5.32 Å². The number of hydrogen-bond donors (Lipinski definition) is 1. The van der Waals surface area contributed by atoms with Crippen LogP contribution in [0.15, 0.2) is 12.7 Å². The summed E-state index contributed by atoms with van der Waals surface area (Å²) >= 11 is 0. The molecule has 0 aromatic heterocycles. The molecule has 0 bridgehead atoms. The van der Waals surface area contributed by atoms with Gasteiger partial charge in [-0.05, 0) is 18.4 Å². The Hall–Kier alpha value is -0.300. The molecule has 0 saturated carbocycles. The third kappa shape index (κ3) is 4.55. The molecule has 0 aromatic rings. The van der Waals surface area contributed by atoms with Gasteiger partial charge in [-0.2, -0.15) is 0 Å². The molecule has 0 aliphatic carbocycles. The largest absolute Gasteiger partial charge is 0.316 e. The molecule has 0 spiro atoms. The maximum Gasteiger partial charge on any atom is 0.00396 e. The Labute approximate surface area is 77.2 Å². The average molecular weight is 169 g/mol. The minimum absolute atomic E-state index is 0.298. The lowest BCUT2D eigenvalue weighted by molar-refractivity contribution is 0.356. The molecule has 1 unspecified atom stereocenters. The van der Waals surface area contributed by atoms with Crippen molar-refractivity contribution in [1.82, 2.24) is 5.32 Å². The standard InChI is InChI=1S/C11H23N/c1-5-8-9-11(4,6-2)10-12-7-3/h6,12H,2,5,7-10H2,1,3-4H3. The fraction of sp³-hybridized carbons (Fsp3) is 0.818. The van der Waals surface area contributed by atoms with E-state index >= 15 is 0 Å². The third-order valence-electron chi connectivity index (χ3n) is 2.37. The minimum Gasteiger partial charge on any atom is -0.316 e. The monoisotopic (exact) mass is 169 g/mol. The van der Waals surface area contributed by atoms with Crippen LogP contribution in [0.3, 0.4) is 0 Å². The van der Waals surface area contributed by atoms with Gasteiger partial charge >= 0.3 is 0 Å². The lowest BCUT2D eigenvalue weighted by Gasteiger charge is -2.25. The first-order valence-electron chi connectivity index (χ1n) is 5.03. The molecule has 0 amide bonds. The van der Waals surface area contributed by atoms with Gasteiger partial charge in [0.25, 0.3) is 0 Å². The van der Waals surface area contributed by atoms with E-state index in [9.17, 15) is 0 Å². The van der Waals surface area contributed by atoms with Crippen LogP contribution in [0, 0.1) is 5.41 Å². The highest BCUT2D eigenvalue weighted by Crippen LogP contribution is 2.24. The van der Waals surface area contributed by atoms with E-state index in [4.69, 9.17) is 0 Å². The Balaban J connectivity index is 3.78. The topological polar surface area (TPSA) is 12.0 Å². The van der Waals surface area contributed by atoms with Crippen LogP contribution in [0.5, 0.6) is 0 Å². The van der Waals surface area contributed by atoms with E-state index in [2.05, 4.69) is 38.7 Å². The minimum atomic E-state index is 0.298. The number of rotatable bonds is 7. The SMILES string of the molecule is C=CC(C)(CCCC)CNCC. The molecule has 0 rings (SSSR count). The Morgan fingerprint density at radius 1 is 1.42 bits per heavy atom. The molecule has 1 nitrogen and oxygen atoms in total. The average Bonchev–Trinajstić information content (AvgIpc) is 2.11. The van der Waals surface area contributed by atoms with E-state index < -0.39 is 0 Å². The quantitative estimate of drug-likeness (QED) is 0.578. The van der Waals surface area contributed by atoms with Crippen LogP contribution in [-0.2, 0) is 0 Å². The van der Waals surface area contributed by atoms with Crippen LogP contribution in [0.25, 0.3) is 0 Å². The van der Waals surface area contributed by atoms with E-state index in [1.165, 1.54) is 19.3 Å². The van der Waals surface area contributed by atoms with Gasteiger partial charge in [-0.15, -0.1) is 6.58 Å². The van der Waals surface area contributed by atoms with Crippen LogP contribution in [0.1, 0.15) is 40.0 Å². The first kappa shape index (κ1) is 11.7. The molecular weight excluding hydrogens is 146 g/mol. The fourth-order valence-corrected chi connectivity index (χ4v) is 1.25. The molecule has 0 aliphatic rings. The predicted octanol–water partition coefficient (Wildman–Crippen LogP) is 2.98. The lowest BCUT2D eigenvalue weighted by Crippen LogP contribution is -2.29. The molecule has 0 radical (unpaired) electrons. The molecule has 0 fully saturated rings. The highest BCUT2D eigenvalue weighted by Gasteiger charge is 2.17. The Morgan fingerprint density at radius 3 is 2.50 bits per heavy atom. The molecule has 0 heterocycles. The summed E-state index contributed by atoms with van der Waals surface area (Å²) in [6.07, 6.45) is 5.91. The predicted molar refractivity (Wildman–Crippen MR) is 56.4 cm³/mol. The van der Waals surface area contributed by atoms with Crippen LogP contribution in [-0.4, -0.2) is 13.1 Å². The molecule has 0 aliphatic heterocycles. The third-order valence-corrected chi connectivity index (χ3v) is 2.37. The summed E-state index contributed by atoms with van der Waals surface area (Å²) in [5.74, 6) is 0. The van der Waals surface area contributed by atoms with Gasteiger partial charge in [-0.25, -0.2) is 0 Å². The Bertz CT molecular complexity index is 110. The zero-order valence-electron chi connectivity index (χ0n) is 8.82. The van der Waals surface area contributed by atoms with Crippen LogP contribution in [0.2, 0.25) is 0 Å². The molecular formula is C11H23N. The van der Waals surface area contributed by atoms with E-state index in [-0.39, 0.29) is 0 Å². The summed E-state index contributed by atoms with van der Waals surface area (Å²) in [6.45, 7) is 12.7. The van der Waals surface area contributed by atoms with Crippen LogP contribution >= 0.6 is 0 Å². The van der Waals surface area contributed by atoms with Crippen molar-refractivity contribution in [3.8, 4) is 0 Å². The van der Waals surface area contributed by atoms with Crippen LogP contribution in [0.4, 0.5) is 0 Å². The number of hydrogen-bond acceptors (Lipinski definition) is 1. The van der Waals surface area contributed by atoms with Gasteiger partial charge in [-0.1, -0.05) is 39.7 Å². The van der Waals surface area contributed by atoms with E-state index in [0.29, 0.717) is 5.41 Å². The number of unbranched alkanes of at least 4 members (excludes halogenated alkanes) is 1. The van der Waals surface area contributed by atoms with Crippen molar-refractivity contribution in [2.45, 2.75) is 40.0 Å². The van der Waals surface area contributed by atoms with E-state index in [1.807, 2.05) is 0 Å². The molecule has 72 valence electrons. The molecule has 12 heavy (non-hydrogen) atoms. The van der Waals surface area contributed by atoms with Gasteiger partial charge in [0.1, 0.15) is 0 Å². The molecule has 1 N–H and O–H groups in total. The van der Waals surface area contributed by atoms with E-state index in [1.54, 1.807) is 0 Å². The van der Waals surface area contributed by atoms with Crippen LogP contribution < -0.4 is 5.32 Å². The lowest BCUT2D eigenvalue weighted by atomic mass is 9.85. The Kier molecular flexibility index (Phi) is 6.09. The molecule has 1 heteroatoms. The van der Waals surface area contributed by atoms with Crippen molar-refractivity contribution in [3.05, 3.63) is 12.7 Å². The van der Waals surface area contributed by atoms with Crippen molar-refractivity contribution < 1.29 is 0 Å². The second-order valence-electron chi connectivity index (χ2n) is 3.74. The molecule has 0 saturated heterocycles. The van der Waals surface area contributed by atoms with Crippen molar-refractivity contribution in [3.63, 3.8) is 0 Å². The smallest absolute Gasteiger partial charge is 0.00396 e. The van der Waals surface area contributed by atoms with Crippen molar-refractivity contribution >= 4 is 0 Å². The summed E-state index contributed by atoms with van der Waals surface area (Å²) in [7, 11) is 0. The maximum atomic E-state index is 3.90. The first-order chi connectivity index (χ1) is 5.68. The number of nitrogens with one attached hydrogen (secondary N) is 1. The summed E-state index contributed by atoms with van der Waals surface area (Å²) in [4.78, 5) is 0. The first-order valence-corrected chi connectivity index (χ1v) is 5.03. The van der Waals surface area contributed by atoms with Gasteiger partial charge in [0.2, 0.25) is 0 Å². The van der Waals surface area contributed by atoms with Gasteiger partial charge in [-0.3, -0.25) is 0 Å². The van der Waals surface area contributed by atoms with Gasteiger partial charge in [0, 0.05) is 6.54 Å². The summed E-state index contributed by atoms with van der Waals surface area (Å²) in [5, 5.41) is 3.38. The summed E-state index contributed by atoms with van der Waals surface area (Å²) < 4.78 is 0.